The summed E-state index contributed by atoms with van der Waals surface area (Å²) in [5, 5.41) is 10.1. The first-order valence-corrected chi connectivity index (χ1v) is 8.32. The first kappa shape index (κ1) is 16.7. The number of benzene rings is 1. The van der Waals surface area contributed by atoms with E-state index in [1.807, 2.05) is 0 Å². The van der Waals surface area contributed by atoms with Crippen molar-refractivity contribution in [2.45, 2.75) is 52.4 Å². The van der Waals surface area contributed by atoms with Gasteiger partial charge in [-0.3, -0.25) is 0 Å². The van der Waals surface area contributed by atoms with E-state index < -0.39 is 5.97 Å². The third-order valence-electron chi connectivity index (χ3n) is 3.86. The van der Waals surface area contributed by atoms with Gasteiger partial charge in [-0.15, -0.1) is 11.3 Å². The predicted molar refractivity (Wildman–Crippen MR) is 91.1 cm³/mol. The van der Waals surface area contributed by atoms with Gasteiger partial charge in [0.05, 0.1) is 10.7 Å². The van der Waals surface area contributed by atoms with Crippen molar-refractivity contribution in [3.8, 4) is 0 Å². The third-order valence-corrected chi connectivity index (χ3v) is 5.37. The van der Waals surface area contributed by atoms with Gasteiger partial charge in [-0.25, -0.2) is 9.78 Å². The van der Waals surface area contributed by atoms with E-state index >= 15 is 0 Å². The van der Waals surface area contributed by atoms with Gasteiger partial charge in [0.1, 0.15) is 4.88 Å². The standard InChI is InChI=1S/C18H23NO2S/c1-11(2)14-8-6-13(7-9-14)10-18(4,5)17-19-12(3)15(22-17)16(20)21/h6-9,11H,10H2,1-5H3,(H,20,21). The monoisotopic (exact) mass is 317 g/mol. The lowest BCUT2D eigenvalue weighted by atomic mass is 9.86. The van der Waals surface area contributed by atoms with E-state index in [0.29, 0.717) is 16.5 Å². The zero-order valence-electron chi connectivity index (χ0n) is 13.8. The number of aromatic carboxylic acids is 1. The minimum absolute atomic E-state index is 0.178. The van der Waals surface area contributed by atoms with Crippen molar-refractivity contribution in [1.82, 2.24) is 4.98 Å². The number of carboxylic acid groups (broad SMARTS) is 1. The molecule has 0 fully saturated rings. The molecule has 2 aromatic rings. The molecule has 3 nitrogen and oxygen atoms in total. The molecule has 0 aliphatic heterocycles. The van der Waals surface area contributed by atoms with Crippen molar-refractivity contribution in [1.29, 1.82) is 0 Å². The zero-order chi connectivity index (χ0) is 16.5. The van der Waals surface area contributed by atoms with Crippen molar-refractivity contribution < 1.29 is 9.90 Å². The van der Waals surface area contributed by atoms with Gasteiger partial charge in [-0.2, -0.15) is 0 Å². The molecule has 22 heavy (non-hydrogen) atoms. The van der Waals surface area contributed by atoms with Crippen LogP contribution >= 0.6 is 11.3 Å². The van der Waals surface area contributed by atoms with Gasteiger partial charge < -0.3 is 5.11 Å². The number of rotatable bonds is 5. The van der Waals surface area contributed by atoms with Gasteiger partial charge in [-0.05, 0) is 30.4 Å². The molecule has 0 spiro atoms. The van der Waals surface area contributed by atoms with Crippen LogP contribution in [0.1, 0.15) is 65.1 Å². The molecule has 0 saturated heterocycles. The highest BCUT2D eigenvalue weighted by molar-refractivity contribution is 7.13. The molecule has 1 N–H and O–H groups in total. The summed E-state index contributed by atoms with van der Waals surface area (Å²) in [4.78, 5) is 16.0. The molecular formula is C18H23NO2S. The molecule has 0 radical (unpaired) electrons. The summed E-state index contributed by atoms with van der Waals surface area (Å²) in [6.07, 6.45) is 0.845. The van der Waals surface area contributed by atoms with Gasteiger partial charge in [0.25, 0.3) is 0 Å². The SMILES string of the molecule is Cc1nc(C(C)(C)Cc2ccc(C(C)C)cc2)sc1C(=O)O. The Morgan fingerprint density at radius 2 is 1.86 bits per heavy atom. The molecule has 0 bridgehead atoms. The van der Waals surface area contributed by atoms with Crippen LogP contribution in [0.5, 0.6) is 0 Å². The van der Waals surface area contributed by atoms with Crippen LogP contribution in [0.2, 0.25) is 0 Å². The Kier molecular flexibility index (Phi) is 4.71. The van der Waals surface area contributed by atoms with E-state index in [1.54, 1.807) is 6.92 Å². The number of aryl methyl sites for hydroxylation is 1. The fraction of sp³-hybridized carbons (Fsp3) is 0.444. The van der Waals surface area contributed by atoms with Crippen molar-refractivity contribution >= 4 is 17.3 Å². The second-order valence-corrected chi connectivity index (χ2v) is 7.69. The second kappa shape index (κ2) is 6.21. The first-order chi connectivity index (χ1) is 10.2. The number of thiazole rings is 1. The molecule has 1 aromatic carbocycles. The van der Waals surface area contributed by atoms with E-state index in [4.69, 9.17) is 0 Å². The van der Waals surface area contributed by atoms with E-state index in [9.17, 15) is 9.90 Å². The molecule has 0 amide bonds. The smallest absolute Gasteiger partial charge is 0.347 e. The van der Waals surface area contributed by atoms with Crippen LogP contribution in [-0.2, 0) is 11.8 Å². The molecule has 1 aromatic heterocycles. The second-order valence-electron chi connectivity index (χ2n) is 6.70. The molecule has 0 aliphatic carbocycles. The van der Waals surface area contributed by atoms with Crippen LogP contribution in [0.25, 0.3) is 0 Å². The van der Waals surface area contributed by atoms with E-state index in [0.717, 1.165) is 11.4 Å². The van der Waals surface area contributed by atoms with Gasteiger partial charge in [-0.1, -0.05) is 52.0 Å². The van der Waals surface area contributed by atoms with Gasteiger partial charge in [0, 0.05) is 5.41 Å². The molecule has 2 rings (SSSR count). The maximum atomic E-state index is 11.2. The Balaban J connectivity index is 2.23. The summed E-state index contributed by atoms with van der Waals surface area (Å²) in [5.74, 6) is -0.361. The molecule has 0 atom stereocenters. The molecule has 1 heterocycles. The molecule has 118 valence electrons. The number of carboxylic acids is 1. The maximum Gasteiger partial charge on any atom is 0.347 e. The largest absolute Gasteiger partial charge is 0.477 e. The number of hydrogen-bond donors (Lipinski definition) is 1. The summed E-state index contributed by atoms with van der Waals surface area (Å²) < 4.78 is 0. The maximum absolute atomic E-state index is 11.2. The quantitative estimate of drug-likeness (QED) is 0.862. The van der Waals surface area contributed by atoms with Gasteiger partial charge in [0.2, 0.25) is 0 Å². The average molecular weight is 317 g/mol. The first-order valence-electron chi connectivity index (χ1n) is 7.51. The number of aromatic nitrogens is 1. The minimum atomic E-state index is -0.890. The minimum Gasteiger partial charge on any atom is -0.477 e. The Labute approximate surface area is 136 Å². The molecule has 4 heteroatoms. The van der Waals surface area contributed by atoms with E-state index in [2.05, 4.69) is 56.9 Å². The Bertz CT molecular complexity index is 669. The van der Waals surface area contributed by atoms with Crippen LogP contribution < -0.4 is 0 Å². The molecular weight excluding hydrogens is 294 g/mol. The Morgan fingerprint density at radius 3 is 2.32 bits per heavy atom. The highest BCUT2D eigenvalue weighted by Crippen LogP contribution is 2.33. The van der Waals surface area contributed by atoms with Crippen LogP contribution in [0.4, 0.5) is 0 Å². The lowest BCUT2D eigenvalue weighted by molar-refractivity contribution is 0.0701. The average Bonchev–Trinajstić information content (AvgIpc) is 2.82. The molecule has 0 aliphatic rings. The fourth-order valence-corrected chi connectivity index (χ4v) is 3.50. The van der Waals surface area contributed by atoms with Crippen molar-refractivity contribution in [3.05, 3.63) is 51.0 Å². The zero-order valence-corrected chi connectivity index (χ0v) is 14.6. The van der Waals surface area contributed by atoms with E-state index in [-0.39, 0.29) is 5.41 Å². The van der Waals surface area contributed by atoms with Gasteiger partial charge >= 0.3 is 5.97 Å². The summed E-state index contributed by atoms with van der Waals surface area (Å²) >= 11 is 1.29. The summed E-state index contributed by atoms with van der Waals surface area (Å²) in [7, 11) is 0. The number of hydrogen-bond acceptors (Lipinski definition) is 3. The molecule has 0 saturated carbocycles. The van der Waals surface area contributed by atoms with E-state index in [1.165, 1.54) is 22.5 Å². The Hall–Kier alpha value is -1.68. The normalized spacial score (nSPS) is 11.9. The van der Waals surface area contributed by atoms with Crippen molar-refractivity contribution in [3.63, 3.8) is 0 Å². The third kappa shape index (κ3) is 3.55. The van der Waals surface area contributed by atoms with Crippen LogP contribution in [0.3, 0.4) is 0 Å². The summed E-state index contributed by atoms with van der Waals surface area (Å²) in [6, 6.07) is 8.67. The fourth-order valence-electron chi connectivity index (χ4n) is 2.49. The van der Waals surface area contributed by atoms with Gasteiger partial charge in [0.15, 0.2) is 0 Å². The highest BCUT2D eigenvalue weighted by atomic mass is 32.1. The summed E-state index contributed by atoms with van der Waals surface area (Å²) in [6.45, 7) is 10.4. The summed E-state index contributed by atoms with van der Waals surface area (Å²) in [5.41, 5.74) is 3.01. The topological polar surface area (TPSA) is 50.2 Å². The van der Waals surface area contributed by atoms with Crippen LogP contribution in [-0.4, -0.2) is 16.1 Å². The number of nitrogens with zero attached hydrogens (tertiary/aromatic N) is 1. The number of carbonyl (C=O) groups is 1. The van der Waals surface area contributed by atoms with Crippen molar-refractivity contribution in [2.24, 2.45) is 0 Å². The Morgan fingerprint density at radius 1 is 1.27 bits per heavy atom. The lowest BCUT2D eigenvalue weighted by Gasteiger charge is -2.22. The highest BCUT2D eigenvalue weighted by Gasteiger charge is 2.27. The molecule has 0 unspecified atom stereocenters. The van der Waals surface area contributed by atoms with Crippen LogP contribution in [0.15, 0.2) is 24.3 Å². The van der Waals surface area contributed by atoms with Crippen LogP contribution in [0, 0.1) is 6.92 Å². The van der Waals surface area contributed by atoms with Crippen molar-refractivity contribution in [2.75, 3.05) is 0 Å². The predicted octanol–water partition coefficient (Wildman–Crippen LogP) is 4.79. The lowest BCUT2D eigenvalue weighted by Crippen LogP contribution is -2.20.